The largest absolute Gasteiger partial charge is 0.480 e. The second kappa shape index (κ2) is 6.69. The number of nitrogens with zero attached hydrogens (tertiary/aromatic N) is 3. The first-order valence-corrected chi connectivity index (χ1v) is 6.58. The molecule has 0 saturated heterocycles. The minimum atomic E-state index is -1.07. The van der Waals surface area contributed by atoms with Crippen molar-refractivity contribution in [3.05, 3.63) is 40.2 Å². The average Bonchev–Trinajstić information content (AvgIpc) is 2.84. The highest BCUT2D eigenvalue weighted by molar-refractivity contribution is 5.66. The summed E-state index contributed by atoms with van der Waals surface area (Å²) in [6, 6.07) is 0. The molecule has 2 heterocycles. The molecule has 2 aromatic rings. The van der Waals surface area contributed by atoms with Crippen molar-refractivity contribution >= 4 is 11.8 Å². The highest BCUT2D eigenvalue weighted by Crippen LogP contribution is 2.05. The van der Waals surface area contributed by atoms with Gasteiger partial charge in [0, 0.05) is 24.6 Å². The van der Waals surface area contributed by atoms with E-state index in [1.54, 1.807) is 6.20 Å². The van der Waals surface area contributed by atoms with Crippen LogP contribution >= 0.6 is 0 Å². The molecule has 0 aromatic carbocycles. The SMILES string of the molecule is Cc1[nH]ncc1CCCNc1nccn(CC(=O)O)c1=O. The Labute approximate surface area is 120 Å². The number of hydrogen-bond donors (Lipinski definition) is 3. The molecule has 8 heteroatoms. The lowest BCUT2D eigenvalue weighted by Gasteiger charge is -2.07. The predicted molar refractivity (Wildman–Crippen MR) is 76.3 cm³/mol. The zero-order chi connectivity index (χ0) is 15.2. The van der Waals surface area contributed by atoms with Crippen LogP contribution in [-0.4, -0.2) is 37.4 Å². The van der Waals surface area contributed by atoms with Crippen LogP contribution in [0.3, 0.4) is 0 Å². The van der Waals surface area contributed by atoms with E-state index in [1.807, 2.05) is 6.92 Å². The Hall–Kier alpha value is -2.64. The normalized spacial score (nSPS) is 10.5. The maximum absolute atomic E-state index is 11.9. The number of aromatic nitrogens is 4. The summed E-state index contributed by atoms with van der Waals surface area (Å²) in [7, 11) is 0. The van der Waals surface area contributed by atoms with Crippen LogP contribution in [-0.2, 0) is 17.8 Å². The van der Waals surface area contributed by atoms with Crippen LogP contribution in [0.4, 0.5) is 5.82 Å². The van der Waals surface area contributed by atoms with Crippen LogP contribution in [0.2, 0.25) is 0 Å². The highest BCUT2D eigenvalue weighted by Gasteiger charge is 2.07. The summed E-state index contributed by atoms with van der Waals surface area (Å²) in [4.78, 5) is 26.5. The minimum Gasteiger partial charge on any atom is -0.480 e. The van der Waals surface area contributed by atoms with Crippen LogP contribution in [0.5, 0.6) is 0 Å². The number of H-pyrrole nitrogens is 1. The lowest BCUT2D eigenvalue weighted by atomic mass is 10.1. The predicted octanol–water partition coefficient (Wildman–Crippen LogP) is 0.404. The molecular formula is C13H17N5O3. The molecule has 0 amide bonds. The number of carboxylic acid groups (broad SMARTS) is 1. The first-order valence-electron chi connectivity index (χ1n) is 6.58. The lowest BCUT2D eigenvalue weighted by Crippen LogP contribution is -2.27. The van der Waals surface area contributed by atoms with Gasteiger partial charge < -0.3 is 10.4 Å². The van der Waals surface area contributed by atoms with E-state index in [0.29, 0.717) is 6.54 Å². The Bertz CT molecular complexity index is 676. The van der Waals surface area contributed by atoms with E-state index in [9.17, 15) is 9.59 Å². The third kappa shape index (κ3) is 3.91. The van der Waals surface area contributed by atoms with Crippen LogP contribution in [0.1, 0.15) is 17.7 Å². The summed E-state index contributed by atoms with van der Waals surface area (Å²) in [6.45, 7) is 2.16. The molecule has 0 aliphatic heterocycles. The Balaban J connectivity index is 1.90. The highest BCUT2D eigenvalue weighted by atomic mass is 16.4. The van der Waals surface area contributed by atoms with Gasteiger partial charge in [-0.05, 0) is 25.3 Å². The number of carboxylic acids is 1. The summed E-state index contributed by atoms with van der Waals surface area (Å²) in [5.41, 5.74) is 1.75. The summed E-state index contributed by atoms with van der Waals surface area (Å²) in [5.74, 6) is -0.896. The average molecular weight is 291 g/mol. The van der Waals surface area contributed by atoms with Gasteiger partial charge in [0.1, 0.15) is 6.54 Å². The topological polar surface area (TPSA) is 113 Å². The number of aromatic amines is 1. The number of rotatable bonds is 7. The van der Waals surface area contributed by atoms with Gasteiger partial charge >= 0.3 is 5.97 Å². The number of aliphatic carboxylic acids is 1. The quantitative estimate of drug-likeness (QED) is 0.637. The molecular weight excluding hydrogens is 274 g/mol. The fourth-order valence-electron chi connectivity index (χ4n) is 1.95. The number of hydrogen-bond acceptors (Lipinski definition) is 5. The standard InChI is InChI=1S/C13H17N5O3/c1-9-10(7-16-17-9)3-2-4-14-12-13(21)18(6-5-15-12)8-11(19)20/h5-7H,2-4,8H2,1H3,(H,14,15)(H,16,17)(H,19,20). The Morgan fingerprint density at radius 1 is 1.52 bits per heavy atom. The molecule has 0 radical (unpaired) electrons. The van der Waals surface area contributed by atoms with Gasteiger partial charge in [-0.1, -0.05) is 0 Å². The second-order valence-corrected chi connectivity index (χ2v) is 4.65. The number of carbonyl (C=O) groups is 1. The Morgan fingerprint density at radius 2 is 2.33 bits per heavy atom. The van der Waals surface area contributed by atoms with Gasteiger partial charge in [-0.2, -0.15) is 5.10 Å². The summed E-state index contributed by atoms with van der Waals surface area (Å²) >= 11 is 0. The van der Waals surface area contributed by atoms with Gasteiger partial charge in [0.2, 0.25) is 0 Å². The van der Waals surface area contributed by atoms with Gasteiger partial charge in [0.25, 0.3) is 5.56 Å². The van der Waals surface area contributed by atoms with E-state index in [-0.39, 0.29) is 12.4 Å². The monoisotopic (exact) mass is 291 g/mol. The minimum absolute atomic E-state index is 0.169. The molecule has 0 unspecified atom stereocenters. The summed E-state index contributed by atoms with van der Waals surface area (Å²) in [6.07, 6.45) is 6.21. The van der Waals surface area contributed by atoms with Gasteiger partial charge in [0.05, 0.1) is 6.20 Å². The van der Waals surface area contributed by atoms with Crippen molar-refractivity contribution < 1.29 is 9.90 Å². The van der Waals surface area contributed by atoms with Crippen LogP contribution in [0.25, 0.3) is 0 Å². The molecule has 21 heavy (non-hydrogen) atoms. The maximum atomic E-state index is 11.9. The van der Waals surface area contributed by atoms with Crippen LogP contribution in [0.15, 0.2) is 23.4 Å². The molecule has 0 saturated carbocycles. The molecule has 0 spiro atoms. The first kappa shape index (κ1) is 14.8. The summed E-state index contributed by atoms with van der Waals surface area (Å²) < 4.78 is 1.11. The molecule has 2 rings (SSSR count). The molecule has 112 valence electrons. The second-order valence-electron chi connectivity index (χ2n) is 4.65. The van der Waals surface area contributed by atoms with E-state index >= 15 is 0 Å². The molecule has 0 atom stereocenters. The Morgan fingerprint density at radius 3 is 3.00 bits per heavy atom. The number of nitrogens with one attached hydrogen (secondary N) is 2. The smallest absolute Gasteiger partial charge is 0.323 e. The van der Waals surface area contributed by atoms with E-state index in [1.165, 1.54) is 12.4 Å². The van der Waals surface area contributed by atoms with Gasteiger partial charge in [-0.25, -0.2) is 4.98 Å². The van der Waals surface area contributed by atoms with Crippen molar-refractivity contribution in [3.8, 4) is 0 Å². The van der Waals surface area contributed by atoms with Crippen LogP contribution < -0.4 is 10.9 Å². The van der Waals surface area contributed by atoms with Crippen molar-refractivity contribution in [2.45, 2.75) is 26.3 Å². The third-order valence-electron chi connectivity index (χ3n) is 3.07. The van der Waals surface area contributed by atoms with Crippen molar-refractivity contribution in [2.75, 3.05) is 11.9 Å². The molecule has 0 aliphatic rings. The van der Waals surface area contributed by atoms with Gasteiger partial charge in [-0.15, -0.1) is 0 Å². The van der Waals surface area contributed by atoms with Gasteiger partial charge in [-0.3, -0.25) is 19.3 Å². The van der Waals surface area contributed by atoms with Crippen molar-refractivity contribution in [2.24, 2.45) is 0 Å². The molecule has 0 bridgehead atoms. The zero-order valence-corrected chi connectivity index (χ0v) is 11.7. The summed E-state index contributed by atoms with van der Waals surface area (Å²) in [5, 5.41) is 18.5. The Kier molecular flexibility index (Phi) is 4.70. The fraction of sp³-hybridized carbons (Fsp3) is 0.385. The first-order chi connectivity index (χ1) is 10.1. The fourth-order valence-corrected chi connectivity index (χ4v) is 1.95. The van der Waals surface area contributed by atoms with Crippen molar-refractivity contribution in [1.29, 1.82) is 0 Å². The molecule has 2 aromatic heterocycles. The van der Waals surface area contributed by atoms with Gasteiger partial charge in [0.15, 0.2) is 5.82 Å². The van der Waals surface area contributed by atoms with E-state index in [0.717, 1.165) is 28.7 Å². The maximum Gasteiger partial charge on any atom is 0.323 e. The lowest BCUT2D eigenvalue weighted by molar-refractivity contribution is -0.137. The molecule has 8 nitrogen and oxygen atoms in total. The number of anilines is 1. The van der Waals surface area contributed by atoms with E-state index in [4.69, 9.17) is 5.11 Å². The van der Waals surface area contributed by atoms with Crippen LogP contribution in [0, 0.1) is 6.92 Å². The number of aryl methyl sites for hydroxylation is 2. The third-order valence-corrected chi connectivity index (χ3v) is 3.07. The van der Waals surface area contributed by atoms with E-state index < -0.39 is 11.5 Å². The van der Waals surface area contributed by atoms with E-state index in [2.05, 4.69) is 20.5 Å². The zero-order valence-electron chi connectivity index (χ0n) is 11.7. The molecule has 0 aliphatic carbocycles. The van der Waals surface area contributed by atoms with Crippen molar-refractivity contribution in [3.63, 3.8) is 0 Å². The van der Waals surface area contributed by atoms with Crippen molar-refractivity contribution in [1.82, 2.24) is 19.7 Å². The molecule has 0 fully saturated rings. The molecule has 3 N–H and O–H groups in total.